The molecular weight excluding hydrogens is 332 g/mol. The number of anilines is 1. The summed E-state index contributed by atoms with van der Waals surface area (Å²) in [5.74, 6) is 1.06. The van der Waals surface area contributed by atoms with Crippen molar-refractivity contribution in [1.29, 1.82) is 0 Å². The van der Waals surface area contributed by atoms with Crippen LogP contribution in [-0.4, -0.2) is 29.7 Å². The number of H-pyrrole nitrogens is 1. The second-order valence-electron chi connectivity index (χ2n) is 6.85. The number of benzene rings is 3. The summed E-state index contributed by atoms with van der Waals surface area (Å²) in [5.41, 5.74) is 4.80. The third-order valence-electron chi connectivity index (χ3n) is 5.13. The average Bonchev–Trinajstić information content (AvgIpc) is 3.26. The molecule has 5 aromatic rings. The Labute approximate surface area is 157 Å². The van der Waals surface area contributed by atoms with Gasteiger partial charge in [-0.05, 0) is 43.4 Å². The largest absolute Gasteiger partial charge is 0.370 e. The van der Waals surface area contributed by atoms with E-state index in [0.29, 0.717) is 0 Å². The molecule has 0 fully saturated rings. The van der Waals surface area contributed by atoms with Crippen LogP contribution in [-0.2, 0) is 0 Å². The average molecular weight is 354 g/mol. The molecule has 27 heavy (non-hydrogen) atoms. The molecule has 2 heterocycles. The summed E-state index contributed by atoms with van der Waals surface area (Å²) >= 11 is 0. The predicted molar refractivity (Wildman–Crippen MR) is 115 cm³/mol. The number of likely N-dealkylation sites (N-methyl/N-ethyl adjacent to an activating group) is 1. The van der Waals surface area contributed by atoms with Gasteiger partial charge in [0.1, 0.15) is 5.82 Å². The van der Waals surface area contributed by atoms with Gasteiger partial charge in [0.25, 0.3) is 0 Å². The van der Waals surface area contributed by atoms with Gasteiger partial charge in [0, 0.05) is 40.5 Å². The zero-order chi connectivity index (χ0) is 18.2. The third-order valence-corrected chi connectivity index (χ3v) is 5.13. The second-order valence-corrected chi connectivity index (χ2v) is 6.85. The first-order valence-electron chi connectivity index (χ1n) is 9.35. The van der Waals surface area contributed by atoms with E-state index in [9.17, 15) is 0 Å². The quantitative estimate of drug-likeness (QED) is 0.393. The van der Waals surface area contributed by atoms with E-state index in [1.807, 2.05) is 7.05 Å². The van der Waals surface area contributed by atoms with Crippen LogP contribution in [0.2, 0.25) is 0 Å². The van der Waals surface area contributed by atoms with Crippen LogP contribution in [0, 0.1) is 0 Å². The zero-order valence-corrected chi connectivity index (χ0v) is 15.3. The Morgan fingerprint density at radius 1 is 0.815 bits per heavy atom. The highest BCUT2D eigenvalue weighted by molar-refractivity contribution is 6.09. The van der Waals surface area contributed by atoms with Crippen LogP contribution in [0.15, 0.2) is 72.8 Å². The number of rotatable bonds is 5. The van der Waals surface area contributed by atoms with Crippen molar-refractivity contribution < 1.29 is 0 Å². The van der Waals surface area contributed by atoms with Crippen molar-refractivity contribution >= 4 is 38.5 Å². The Morgan fingerprint density at radius 3 is 2.22 bits per heavy atom. The Morgan fingerprint density at radius 2 is 1.52 bits per heavy atom. The Bertz CT molecular complexity index is 1190. The van der Waals surface area contributed by atoms with Gasteiger partial charge in [0.2, 0.25) is 0 Å². The number of fused-ring (bicyclic) bond motifs is 4. The highest BCUT2D eigenvalue weighted by atomic mass is 15.0. The molecule has 0 spiro atoms. The SMILES string of the molecule is CNCCNc1cc2cc(-n3c4ccccc4c4ccccc43)ccc2[nH]1. The number of nitrogens with one attached hydrogen (secondary N) is 3. The monoisotopic (exact) mass is 354 g/mol. The molecule has 0 unspecified atom stereocenters. The molecule has 3 N–H and O–H groups in total. The highest BCUT2D eigenvalue weighted by Gasteiger charge is 2.12. The molecule has 4 heteroatoms. The van der Waals surface area contributed by atoms with Gasteiger partial charge in [-0.15, -0.1) is 0 Å². The lowest BCUT2D eigenvalue weighted by atomic mass is 10.2. The molecule has 0 aliphatic rings. The van der Waals surface area contributed by atoms with Gasteiger partial charge in [-0.25, -0.2) is 0 Å². The summed E-state index contributed by atoms with van der Waals surface area (Å²) in [6.07, 6.45) is 0. The standard InChI is InChI=1S/C23H22N4/c1-24-12-13-25-23-15-16-14-17(10-11-20(16)26-23)27-21-8-4-2-6-18(21)19-7-3-5-9-22(19)27/h2-11,14-15,24-26H,12-13H2,1H3. The summed E-state index contributed by atoms with van der Waals surface area (Å²) in [6.45, 7) is 1.82. The number of aromatic amines is 1. The first kappa shape index (κ1) is 16.0. The minimum atomic E-state index is 0.892. The van der Waals surface area contributed by atoms with Gasteiger partial charge in [-0.2, -0.15) is 0 Å². The maximum atomic E-state index is 3.45. The molecule has 0 atom stereocenters. The molecule has 0 amide bonds. The molecular formula is C23H22N4. The molecule has 0 saturated carbocycles. The number of nitrogens with zero attached hydrogens (tertiary/aromatic N) is 1. The van der Waals surface area contributed by atoms with Crippen molar-refractivity contribution in [2.75, 3.05) is 25.5 Å². The molecule has 2 aromatic heterocycles. The van der Waals surface area contributed by atoms with Crippen molar-refractivity contribution in [3.05, 3.63) is 72.8 Å². The number of hydrogen-bond donors (Lipinski definition) is 3. The molecule has 0 radical (unpaired) electrons. The van der Waals surface area contributed by atoms with Gasteiger partial charge >= 0.3 is 0 Å². The van der Waals surface area contributed by atoms with Crippen molar-refractivity contribution in [3.8, 4) is 5.69 Å². The summed E-state index contributed by atoms with van der Waals surface area (Å²) in [4.78, 5) is 3.45. The summed E-state index contributed by atoms with van der Waals surface area (Å²) in [5, 5.41) is 10.4. The van der Waals surface area contributed by atoms with Crippen LogP contribution >= 0.6 is 0 Å². The fraction of sp³-hybridized carbons (Fsp3) is 0.130. The highest BCUT2D eigenvalue weighted by Crippen LogP contribution is 2.32. The van der Waals surface area contributed by atoms with E-state index >= 15 is 0 Å². The molecule has 0 aliphatic carbocycles. The van der Waals surface area contributed by atoms with E-state index < -0.39 is 0 Å². The molecule has 5 rings (SSSR count). The minimum absolute atomic E-state index is 0.892. The van der Waals surface area contributed by atoms with Gasteiger partial charge < -0.3 is 20.2 Å². The lowest BCUT2D eigenvalue weighted by Crippen LogP contribution is -2.17. The second kappa shape index (κ2) is 6.49. The van der Waals surface area contributed by atoms with Gasteiger partial charge in [0.05, 0.1) is 11.0 Å². The van der Waals surface area contributed by atoms with Crippen LogP contribution in [0.4, 0.5) is 5.82 Å². The lowest BCUT2D eigenvalue weighted by Gasteiger charge is -2.07. The van der Waals surface area contributed by atoms with Gasteiger partial charge in [0.15, 0.2) is 0 Å². The predicted octanol–water partition coefficient (Wildman–Crippen LogP) is 4.90. The Kier molecular flexibility index (Phi) is 3.84. The summed E-state index contributed by atoms with van der Waals surface area (Å²) < 4.78 is 2.35. The number of para-hydroxylation sites is 2. The van der Waals surface area contributed by atoms with E-state index in [1.54, 1.807) is 0 Å². The van der Waals surface area contributed by atoms with Crippen LogP contribution in [0.5, 0.6) is 0 Å². The molecule has 4 nitrogen and oxygen atoms in total. The van der Waals surface area contributed by atoms with E-state index in [-0.39, 0.29) is 0 Å². The lowest BCUT2D eigenvalue weighted by molar-refractivity contribution is 0.822. The van der Waals surface area contributed by atoms with Gasteiger partial charge in [-0.1, -0.05) is 36.4 Å². The maximum absolute atomic E-state index is 3.45. The van der Waals surface area contributed by atoms with Crippen molar-refractivity contribution in [2.24, 2.45) is 0 Å². The van der Waals surface area contributed by atoms with Crippen LogP contribution in [0.1, 0.15) is 0 Å². The van der Waals surface area contributed by atoms with Crippen molar-refractivity contribution in [3.63, 3.8) is 0 Å². The first-order chi connectivity index (χ1) is 13.3. The van der Waals surface area contributed by atoms with Crippen LogP contribution < -0.4 is 10.6 Å². The smallest absolute Gasteiger partial charge is 0.104 e. The van der Waals surface area contributed by atoms with E-state index in [1.165, 1.54) is 32.9 Å². The molecule has 3 aromatic carbocycles. The van der Waals surface area contributed by atoms with Crippen LogP contribution in [0.3, 0.4) is 0 Å². The van der Waals surface area contributed by atoms with E-state index in [2.05, 4.69) is 93.0 Å². The molecule has 0 saturated heterocycles. The molecule has 0 bridgehead atoms. The number of hydrogen-bond acceptors (Lipinski definition) is 2. The first-order valence-corrected chi connectivity index (χ1v) is 9.35. The normalized spacial score (nSPS) is 11.6. The summed E-state index contributed by atoms with van der Waals surface area (Å²) in [6, 6.07) is 26.0. The fourth-order valence-electron chi connectivity index (χ4n) is 3.88. The van der Waals surface area contributed by atoms with Gasteiger partial charge in [-0.3, -0.25) is 0 Å². The Hall–Kier alpha value is -3.24. The van der Waals surface area contributed by atoms with E-state index in [4.69, 9.17) is 0 Å². The topological polar surface area (TPSA) is 44.8 Å². The zero-order valence-electron chi connectivity index (χ0n) is 15.3. The third kappa shape index (κ3) is 2.66. The minimum Gasteiger partial charge on any atom is -0.370 e. The van der Waals surface area contributed by atoms with E-state index in [0.717, 1.165) is 24.4 Å². The van der Waals surface area contributed by atoms with Crippen molar-refractivity contribution in [1.82, 2.24) is 14.9 Å². The molecule has 0 aliphatic heterocycles. The maximum Gasteiger partial charge on any atom is 0.104 e. The number of aromatic nitrogens is 2. The fourth-order valence-corrected chi connectivity index (χ4v) is 3.88. The van der Waals surface area contributed by atoms with Crippen LogP contribution in [0.25, 0.3) is 38.4 Å². The van der Waals surface area contributed by atoms with Crippen molar-refractivity contribution in [2.45, 2.75) is 0 Å². The summed E-state index contributed by atoms with van der Waals surface area (Å²) in [7, 11) is 1.96. The molecule has 134 valence electrons. The Balaban J connectivity index is 1.66.